The predicted molar refractivity (Wildman–Crippen MR) is 86.2 cm³/mol. The topological polar surface area (TPSA) is 62.2 Å². The molecule has 22 heavy (non-hydrogen) atoms. The Balaban J connectivity index is 1.83. The van der Waals surface area contributed by atoms with Crippen LogP contribution in [0.3, 0.4) is 0 Å². The summed E-state index contributed by atoms with van der Waals surface area (Å²) in [7, 11) is 0. The van der Waals surface area contributed by atoms with Gasteiger partial charge in [-0.3, -0.25) is 4.79 Å². The normalized spacial score (nSPS) is 11.4. The summed E-state index contributed by atoms with van der Waals surface area (Å²) in [6.07, 6.45) is 5.62. The van der Waals surface area contributed by atoms with Crippen molar-refractivity contribution in [2.45, 2.75) is 6.92 Å². The molecule has 0 spiro atoms. The summed E-state index contributed by atoms with van der Waals surface area (Å²) in [5.41, 5.74) is 5.59. The molecule has 0 radical (unpaired) electrons. The van der Waals surface area contributed by atoms with Crippen LogP contribution < -0.4 is 5.43 Å². The molecule has 0 atom stereocenters. The predicted octanol–water partition coefficient (Wildman–Crippen LogP) is 2.96. The molecule has 0 aliphatic heterocycles. The standard InChI is InChI=1S/C17H16N4O/c1-13(15-8-6-10-18-15)19-20-17(22)14-7-2-3-9-16(14)21-11-4-5-12-21/h2-12,18H,1H3,(H,20,22). The second kappa shape index (κ2) is 6.13. The van der Waals surface area contributed by atoms with Gasteiger partial charge in [0.05, 0.1) is 22.7 Å². The summed E-state index contributed by atoms with van der Waals surface area (Å²) >= 11 is 0. The zero-order valence-electron chi connectivity index (χ0n) is 12.2. The van der Waals surface area contributed by atoms with Gasteiger partial charge in [0.25, 0.3) is 5.91 Å². The molecule has 0 fully saturated rings. The maximum Gasteiger partial charge on any atom is 0.273 e. The van der Waals surface area contributed by atoms with E-state index in [4.69, 9.17) is 0 Å². The number of para-hydroxylation sites is 1. The molecule has 110 valence electrons. The number of hydrogen-bond donors (Lipinski definition) is 2. The third-order valence-electron chi connectivity index (χ3n) is 3.34. The zero-order valence-corrected chi connectivity index (χ0v) is 12.2. The van der Waals surface area contributed by atoms with Gasteiger partial charge in [-0.2, -0.15) is 5.10 Å². The molecule has 3 aromatic rings. The van der Waals surface area contributed by atoms with Gasteiger partial charge in [-0.15, -0.1) is 0 Å². The van der Waals surface area contributed by atoms with Crippen molar-refractivity contribution >= 4 is 11.6 Å². The quantitative estimate of drug-likeness (QED) is 0.563. The molecule has 0 saturated carbocycles. The van der Waals surface area contributed by atoms with Crippen LogP contribution in [0.2, 0.25) is 0 Å². The van der Waals surface area contributed by atoms with Gasteiger partial charge >= 0.3 is 0 Å². The largest absolute Gasteiger partial charge is 0.360 e. The van der Waals surface area contributed by atoms with Crippen molar-refractivity contribution in [2.75, 3.05) is 0 Å². The minimum absolute atomic E-state index is 0.241. The number of H-pyrrole nitrogens is 1. The lowest BCUT2D eigenvalue weighted by molar-refractivity contribution is 0.0955. The second-order valence-electron chi connectivity index (χ2n) is 4.83. The highest BCUT2D eigenvalue weighted by Crippen LogP contribution is 2.14. The van der Waals surface area contributed by atoms with Crippen LogP contribution in [0.1, 0.15) is 23.0 Å². The molecular weight excluding hydrogens is 276 g/mol. The molecule has 0 aliphatic rings. The Kier molecular flexibility index (Phi) is 3.87. The fourth-order valence-corrected chi connectivity index (χ4v) is 2.20. The molecule has 2 aromatic heterocycles. The van der Waals surface area contributed by atoms with Gasteiger partial charge in [0.15, 0.2) is 0 Å². The van der Waals surface area contributed by atoms with Crippen LogP contribution in [-0.4, -0.2) is 21.2 Å². The summed E-state index contributed by atoms with van der Waals surface area (Å²) < 4.78 is 1.90. The lowest BCUT2D eigenvalue weighted by atomic mass is 10.1. The molecule has 0 aliphatic carbocycles. The van der Waals surface area contributed by atoms with E-state index in [1.165, 1.54) is 0 Å². The number of nitrogens with zero attached hydrogens (tertiary/aromatic N) is 2. The number of carbonyl (C=O) groups excluding carboxylic acids is 1. The highest BCUT2D eigenvalue weighted by Gasteiger charge is 2.11. The zero-order chi connectivity index (χ0) is 15.4. The SMILES string of the molecule is CC(=NNC(=O)c1ccccc1-n1cccc1)c1ccc[nH]1. The van der Waals surface area contributed by atoms with Crippen LogP contribution in [0.25, 0.3) is 5.69 Å². The summed E-state index contributed by atoms with van der Waals surface area (Å²) in [5.74, 6) is -0.241. The molecule has 0 bridgehead atoms. The maximum absolute atomic E-state index is 12.4. The number of nitrogens with one attached hydrogen (secondary N) is 2. The van der Waals surface area contributed by atoms with Crippen LogP contribution in [0.5, 0.6) is 0 Å². The van der Waals surface area contributed by atoms with Crippen molar-refractivity contribution in [3.05, 3.63) is 78.4 Å². The molecule has 5 heteroatoms. The first-order valence-corrected chi connectivity index (χ1v) is 6.96. The molecule has 2 heterocycles. The van der Waals surface area contributed by atoms with E-state index < -0.39 is 0 Å². The van der Waals surface area contributed by atoms with Crippen molar-refractivity contribution < 1.29 is 4.79 Å². The van der Waals surface area contributed by atoms with E-state index in [0.29, 0.717) is 5.56 Å². The number of rotatable bonds is 4. The summed E-state index contributed by atoms with van der Waals surface area (Å²) in [6.45, 7) is 1.84. The van der Waals surface area contributed by atoms with E-state index in [-0.39, 0.29) is 5.91 Å². The number of benzene rings is 1. The molecule has 0 saturated heterocycles. The first kappa shape index (κ1) is 13.9. The number of hydrazone groups is 1. The first-order valence-electron chi connectivity index (χ1n) is 6.96. The van der Waals surface area contributed by atoms with Crippen molar-refractivity contribution in [2.24, 2.45) is 5.10 Å². The number of aromatic amines is 1. The molecule has 3 rings (SSSR count). The summed E-state index contributed by atoms with van der Waals surface area (Å²) in [5, 5.41) is 4.14. The van der Waals surface area contributed by atoms with Crippen molar-refractivity contribution in [3.8, 4) is 5.69 Å². The van der Waals surface area contributed by atoms with Gasteiger partial charge in [0.2, 0.25) is 0 Å². The number of carbonyl (C=O) groups is 1. The fourth-order valence-electron chi connectivity index (χ4n) is 2.20. The van der Waals surface area contributed by atoms with E-state index in [9.17, 15) is 4.79 Å². The van der Waals surface area contributed by atoms with E-state index in [0.717, 1.165) is 17.1 Å². The second-order valence-corrected chi connectivity index (χ2v) is 4.83. The minimum Gasteiger partial charge on any atom is -0.360 e. The van der Waals surface area contributed by atoms with Gasteiger partial charge in [-0.25, -0.2) is 5.43 Å². The van der Waals surface area contributed by atoms with Crippen molar-refractivity contribution in [3.63, 3.8) is 0 Å². The maximum atomic E-state index is 12.4. The molecule has 2 N–H and O–H groups in total. The lowest BCUT2D eigenvalue weighted by Gasteiger charge is -2.09. The van der Waals surface area contributed by atoms with Crippen molar-refractivity contribution in [1.29, 1.82) is 0 Å². The Hall–Kier alpha value is -3.08. The summed E-state index contributed by atoms with van der Waals surface area (Å²) in [6, 6.07) is 15.0. The highest BCUT2D eigenvalue weighted by atomic mass is 16.2. The Morgan fingerprint density at radius 1 is 1.09 bits per heavy atom. The van der Waals surface area contributed by atoms with E-state index in [2.05, 4.69) is 15.5 Å². The molecule has 1 amide bonds. The first-order chi connectivity index (χ1) is 10.8. The molecule has 5 nitrogen and oxygen atoms in total. The highest BCUT2D eigenvalue weighted by molar-refractivity contribution is 6.01. The van der Waals surface area contributed by atoms with Crippen LogP contribution in [0, 0.1) is 0 Å². The van der Waals surface area contributed by atoms with Gasteiger partial charge in [0.1, 0.15) is 0 Å². The lowest BCUT2D eigenvalue weighted by Crippen LogP contribution is -2.21. The van der Waals surface area contributed by atoms with Gasteiger partial charge in [-0.1, -0.05) is 12.1 Å². The van der Waals surface area contributed by atoms with Gasteiger partial charge in [0, 0.05) is 18.6 Å². The van der Waals surface area contributed by atoms with Crippen LogP contribution in [0.4, 0.5) is 0 Å². The van der Waals surface area contributed by atoms with Crippen LogP contribution >= 0.6 is 0 Å². The van der Waals surface area contributed by atoms with Gasteiger partial charge < -0.3 is 9.55 Å². The average Bonchev–Trinajstić information content (AvgIpc) is 3.24. The third-order valence-corrected chi connectivity index (χ3v) is 3.34. The Labute approximate surface area is 128 Å². The minimum atomic E-state index is -0.241. The van der Waals surface area contributed by atoms with E-state index in [1.807, 2.05) is 72.5 Å². The third kappa shape index (κ3) is 2.83. The fraction of sp³-hybridized carbons (Fsp3) is 0.0588. The van der Waals surface area contributed by atoms with Gasteiger partial charge in [-0.05, 0) is 43.3 Å². The molecule has 1 aromatic carbocycles. The summed E-state index contributed by atoms with van der Waals surface area (Å²) in [4.78, 5) is 15.4. The monoisotopic (exact) mass is 292 g/mol. The van der Waals surface area contributed by atoms with E-state index >= 15 is 0 Å². The Morgan fingerprint density at radius 2 is 1.86 bits per heavy atom. The Bertz CT molecular complexity index is 786. The van der Waals surface area contributed by atoms with E-state index in [1.54, 1.807) is 6.07 Å². The van der Waals surface area contributed by atoms with Crippen LogP contribution in [-0.2, 0) is 0 Å². The molecular formula is C17H16N4O. The molecule has 0 unspecified atom stereocenters. The number of aromatic nitrogens is 2. The van der Waals surface area contributed by atoms with Crippen LogP contribution in [0.15, 0.2) is 72.2 Å². The average molecular weight is 292 g/mol. The number of amides is 1. The van der Waals surface area contributed by atoms with Crippen molar-refractivity contribution in [1.82, 2.24) is 15.0 Å². The smallest absolute Gasteiger partial charge is 0.273 e. The number of hydrogen-bond acceptors (Lipinski definition) is 2. The Morgan fingerprint density at radius 3 is 2.59 bits per heavy atom.